The van der Waals surface area contributed by atoms with Crippen LogP contribution in [0.4, 0.5) is 0 Å². The van der Waals surface area contributed by atoms with Crippen molar-refractivity contribution in [1.29, 1.82) is 0 Å². The molecule has 0 N–H and O–H groups in total. The van der Waals surface area contributed by atoms with Gasteiger partial charge >= 0.3 is 0 Å². The number of allylic oxidation sites excluding steroid dienone is 2. The fourth-order valence-electron chi connectivity index (χ4n) is 2.62. The Morgan fingerprint density at radius 1 is 1.40 bits per heavy atom. The van der Waals surface area contributed by atoms with Crippen molar-refractivity contribution < 1.29 is 0 Å². The van der Waals surface area contributed by atoms with Crippen molar-refractivity contribution in [3.8, 4) is 0 Å². The van der Waals surface area contributed by atoms with Gasteiger partial charge in [-0.25, -0.2) is 0 Å². The van der Waals surface area contributed by atoms with E-state index in [9.17, 15) is 0 Å². The van der Waals surface area contributed by atoms with Crippen LogP contribution < -0.4 is 0 Å². The first-order valence-electron chi connectivity index (χ1n) is 4.64. The fraction of sp³-hybridized carbons (Fsp3) is 0.800. The second-order valence-corrected chi connectivity index (χ2v) is 4.18. The van der Waals surface area contributed by atoms with Crippen LogP contribution in [0.5, 0.6) is 0 Å². The van der Waals surface area contributed by atoms with Crippen molar-refractivity contribution in [3.63, 3.8) is 0 Å². The van der Waals surface area contributed by atoms with Crippen molar-refractivity contribution in [1.82, 2.24) is 0 Å². The van der Waals surface area contributed by atoms with Crippen LogP contribution in [0.2, 0.25) is 0 Å². The van der Waals surface area contributed by atoms with Gasteiger partial charge in [0, 0.05) is 0 Å². The lowest BCUT2D eigenvalue weighted by atomic mass is 10.1. The quantitative estimate of drug-likeness (QED) is 0.447. The Hall–Kier alpha value is -0.260. The Kier molecular flexibility index (Phi) is 0.898. The van der Waals surface area contributed by atoms with Gasteiger partial charge in [-0.2, -0.15) is 0 Å². The van der Waals surface area contributed by atoms with Crippen LogP contribution >= 0.6 is 0 Å². The monoisotopic (exact) mass is 134 g/mol. The van der Waals surface area contributed by atoms with E-state index in [0.717, 1.165) is 17.8 Å². The van der Waals surface area contributed by atoms with E-state index in [4.69, 9.17) is 0 Å². The summed E-state index contributed by atoms with van der Waals surface area (Å²) in [6.07, 6.45) is 9.94. The topological polar surface area (TPSA) is 0 Å². The van der Waals surface area contributed by atoms with E-state index in [-0.39, 0.29) is 0 Å². The van der Waals surface area contributed by atoms with Gasteiger partial charge in [0.1, 0.15) is 0 Å². The van der Waals surface area contributed by atoms with Gasteiger partial charge in [-0.15, -0.1) is 0 Å². The molecule has 3 aliphatic carbocycles. The largest absolute Gasteiger partial charge is 0.0850 e. The predicted molar refractivity (Wildman–Crippen MR) is 41.6 cm³/mol. The van der Waals surface area contributed by atoms with E-state index >= 15 is 0 Å². The number of hydrogen-bond donors (Lipinski definition) is 0. The third-order valence-corrected chi connectivity index (χ3v) is 3.45. The van der Waals surface area contributed by atoms with E-state index in [1.807, 2.05) is 5.57 Å². The summed E-state index contributed by atoms with van der Waals surface area (Å²) in [5.74, 6) is 3.41. The molecular formula is C10H14. The average Bonchev–Trinajstić information content (AvgIpc) is 2.68. The molecule has 2 fully saturated rings. The van der Waals surface area contributed by atoms with Crippen LogP contribution in [-0.4, -0.2) is 0 Å². The number of fused-ring (bicyclic) bond motifs is 3. The van der Waals surface area contributed by atoms with Gasteiger partial charge < -0.3 is 0 Å². The fourth-order valence-corrected chi connectivity index (χ4v) is 2.62. The van der Waals surface area contributed by atoms with Crippen LogP contribution in [0.3, 0.4) is 0 Å². The zero-order valence-corrected chi connectivity index (χ0v) is 6.34. The third-order valence-electron chi connectivity index (χ3n) is 3.45. The van der Waals surface area contributed by atoms with Crippen LogP contribution in [-0.2, 0) is 0 Å². The minimum atomic E-state index is 1.09. The summed E-state index contributed by atoms with van der Waals surface area (Å²) in [7, 11) is 0. The van der Waals surface area contributed by atoms with E-state index < -0.39 is 0 Å². The summed E-state index contributed by atoms with van der Waals surface area (Å²) < 4.78 is 0. The van der Waals surface area contributed by atoms with Crippen LogP contribution in [0, 0.1) is 17.8 Å². The molecule has 3 atom stereocenters. The highest BCUT2D eigenvalue weighted by Gasteiger charge is 2.50. The molecule has 0 aromatic carbocycles. The summed E-state index contributed by atoms with van der Waals surface area (Å²) in [5.41, 5.74) is 1.81. The molecule has 0 bridgehead atoms. The van der Waals surface area contributed by atoms with E-state index in [1.165, 1.54) is 25.7 Å². The lowest BCUT2D eigenvalue weighted by Gasteiger charge is -1.99. The smallest absolute Gasteiger partial charge is 0.0135 e. The van der Waals surface area contributed by atoms with Crippen molar-refractivity contribution in [2.24, 2.45) is 17.8 Å². The molecule has 0 aliphatic heterocycles. The Bertz CT molecular complexity index is 190. The first-order valence-corrected chi connectivity index (χ1v) is 4.64. The van der Waals surface area contributed by atoms with Gasteiger partial charge in [-0.3, -0.25) is 0 Å². The highest BCUT2D eigenvalue weighted by Crippen LogP contribution is 2.60. The Morgan fingerprint density at radius 2 is 2.40 bits per heavy atom. The second-order valence-electron chi connectivity index (χ2n) is 4.18. The maximum absolute atomic E-state index is 2.51. The molecule has 0 heteroatoms. The van der Waals surface area contributed by atoms with Crippen LogP contribution in [0.1, 0.15) is 32.1 Å². The molecule has 10 heavy (non-hydrogen) atoms. The van der Waals surface area contributed by atoms with Gasteiger partial charge in [0.15, 0.2) is 0 Å². The second kappa shape index (κ2) is 1.66. The normalized spacial score (nSPS) is 54.8. The third kappa shape index (κ3) is 0.680. The van der Waals surface area contributed by atoms with E-state index in [2.05, 4.69) is 6.08 Å². The van der Waals surface area contributed by atoms with Gasteiger partial charge in [0.2, 0.25) is 0 Å². The SMILES string of the molecule is C1=C2/CC2C2CC2CCC/1. The van der Waals surface area contributed by atoms with Gasteiger partial charge in [0.25, 0.3) is 0 Å². The van der Waals surface area contributed by atoms with Crippen molar-refractivity contribution in [2.45, 2.75) is 32.1 Å². The summed E-state index contributed by atoms with van der Waals surface area (Å²) in [5, 5.41) is 0. The standard InChI is InChI=1S/C10H14/c1-2-4-8-6-10(8)9-5-7(9)3-1/h3,8-10H,1-2,4-6H2/b7-3-. The Morgan fingerprint density at radius 3 is 3.40 bits per heavy atom. The zero-order valence-electron chi connectivity index (χ0n) is 6.34. The average molecular weight is 134 g/mol. The van der Waals surface area contributed by atoms with Crippen molar-refractivity contribution in [2.75, 3.05) is 0 Å². The molecule has 54 valence electrons. The zero-order chi connectivity index (χ0) is 6.55. The lowest BCUT2D eigenvalue weighted by Crippen LogP contribution is -1.88. The summed E-state index contributed by atoms with van der Waals surface area (Å²) >= 11 is 0. The van der Waals surface area contributed by atoms with Gasteiger partial charge in [-0.1, -0.05) is 11.6 Å². The Balaban J connectivity index is 1.84. The van der Waals surface area contributed by atoms with Gasteiger partial charge in [0.05, 0.1) is 0 Å². The van der Waals surface area contributed by atoms with E-state index in [1.54, 1.807) is 6.42 Å². The summed E-state index contributed by atoms with van der Waals surface area (Å²) in [4.78, 5) is 0. The van der Waals surface area contributed by atoms with Gasteiger partial charge in [-0.05, 0) is 49.9 Å². The lowest BCUT2D eigenvalue weighted by molar-refractivity contribution is 0.576. The molecule has 3 unspecified atom stereocenters. The minimum Gasteiger partial charge on any atom is -0.0850 e. The van der Waals surface area contributed by atoms with Crippen molar-refractivity contribution in [3.05, 3.63) is 11.6 Å². The molecule has 0 nitrogen and oxygen atoms in total. The summed E-state index contributed by atoms with van der Waals surface area (Å²) in [6, 6.07) is 0. The maximum Gasteiger partial charge on any atom is -0.0135 e. The molecular weight excluding hydrogens is 120 g/mol. The molecule has 0 spiro atoms. The first-order chi connectivity index (χ1) is 4.95. The number of hydrogen-bond acceptors (Lipinski definition) is 0. The predicted octanol–water partition coefficient (Wildman–Crippen LogP) is 2.75. The van der Waals surface area contributed by atoms with Crippen LogP contribution in [0.25, 0.3) is 0 Å². The molecule has 0 heterocycles. The highest BCUT2D eigenvalue weighted by molar-refractivity contribution is 5.28. The minimum absolute atomic E-state index is 1.09. The highest BCUT2D eigenvalue weighted by atomic mass is 14.5. The molecule has 0 amide bonds. The molecule has 2 saturated carbocycles. The first kappa shape index (κ1) is 5.40. The summed E-state index contributed by atoms with van der Waals surface area (Å²) in [6.45, 7) is 0. The molecule has 0 radical (unpaired) electrons. The van der Waals surface area contributed by atoms with E-state index in [0.29, 0.717) is 0 Å². The van der Waals surface area contributed by atoms with Crippen LogP contribution in [0.15, 0.2) is 11.6 Å². The molecule has 3 rings (SSSR count). The Labute approximate surface area is 62.3 Å². The van der Waals surface area contributed by atoms with Crippen molar-refractivity contribution >= 4 is 0 Å². The molecule has 0 saturated heterocycles. The molecule has 3 aliphatic rings. The maximum atomic E-state index is 2.51. The number of rotatable bonds is 0. The molecule has 0 aromatic heterocycles. The molecule has 0 aromatic rings.